The van der Waals surface area contributed by atoms with Gasteiger partial charge >= 0.3 is 0 Å². The van der Waals surface area contributed by atoms with Gasteiger partial charge in [0.05, 0.1) is 5.56 Å². The predicted molar refractivity (Wildman–Crippen MR) is 70.8 cm³/mol. The van der Waals surface area contributed by atoms with E-state index in [0.717, 1.165) is 11.1 Å². The molecule has 2 N–H and O–H groups in total. The van der Waals surface area contributed by atoms with E-state index in [2.05, 4.69) is 0 Å². The number of carbonyl (C=O) groups is 1. The van der Waals surface area contributed by atoms with E-state index in [1.54, 1.807) is 4.90 Å². The van der Waals surface area contributed by atoms with Crippen LogP contribution in [0.15, 0.2) is 42.5 Å². The quantitative estimate of drug-likeness (QED) is 0.797. The number of carbonyl (C=O) groups excluding carboxylic acids is 1. The van der Waals surface area contributed by atoms with Gasteiger partial charge in [0.15, 0.2) is 0 Å². The standard InChI is InChI=1S/C15H13FN2O/c16-14-6-5-12(17)7-13(14)15(19)18-8-10-3-1-2-4-11(10)9-18/h1-7H,8-9,17H2. The molecule has 96 valence electrons. The first-order valence-corrected chi connectivity index (χ1v) is 6.06. The third-order valence-corrected chi connectivity index (χ3v) is 3.35. The molecule has 1 aliphatic heterocycles. The lowest BCUT2D eigenvalue weighted by atomic mass is 10.1. The van der Waals surface area contributed by atoms with Crippen LogP contribution >= 0.6 is 0 Å². The molecule has 0 saturated carbocycles. The van der Waals surface area contributed by atoms with Crippen LogP contribution in [0.1, 0.15) is 21.5 Å². The van der Waals surface area contributed by atoms with Crippen LogP contribution in [-0.4, -0.2) is 10.8 Å². The lowest BCUT2D eigenvalue weighted by Gasteiger charge is -2.16. The fourth-order valence-electron chi connectivity index (χ4n) is 2.35. The van der Waals surface area contributed by atoms with Crippen molar-refractivity contribution in [3.63, 3.8) is 0 Å². The van der Waals surface area contributed by atoms with Crippen molar-refractivity contribution in [3.8, 4) is 0 Å². The molecule has 0 aliphatic carbocycles. The molecule has 0 bridgehead atoms. The highest BCUT2D eigenvalue weighted by atomic mass is 19.1. The highest BCUT2D eigenvalue weighted by molar-refractivity contribution is 5.95. The van der Waals surface area contributed by atoms with Gasteiger partial charge in [-0.05, 0) is 29.3 Å². The topological polar surface area (TPSA) is 46.3 Å². The summed E-state index contributed by atoms with van der Waals surface area (Å²) < 4.78 is 13.7. The Kier molecular flexibility index (Phi) is 2.71. The molecule has 1 amide bonds. The average Bonchev–Trinajstić information content (AvgIpc) is 2.84. The van der Waals surface area contributed by atoms with Crippen LogP contribution < -0.4 is 5.73 Å². The van der Waals surface area contributed by atoms with Gasteiger partial charge < -0.3 is 10.6 Å². The maximum absolute atomic E-state index is 13.7. The Hall–Kier alpha value is -2.36. The van der Waals surface area contributed by atoms with Gasteiger partial charge in [-0.3, -0.25) is 4.79 Å². The van der Waals surface area contributed by atoms with Crippen LogP contribution in [0.2, 0.25) is 0 Å². The molecule has 0 spiro atoms. The largest absolute Gasteiger partial charge is 0.399 e. The zero-order valence-electron chi connectivity index (χ0n) is 10.3. The summed E-state index contributed by atoms with van der Waals surface area (Å²) >= 11 is 0. The van der Waals surface area contributed by atoms with Crippen molar-refractivity contribution in [3.05, 3.63) is 65.0 Å². The van der Waals surface area contributed by atoms with Crippen molar-refractivity contribution in [2.75, 3.05) is 5.73 Å². The van der Waals surface area contributed by atoms with Crippen LogP contribution in [0.25, 0.3) is 0 Å². The van der Waals surface area contributed by atoms with Crippen LogP contribution in [0, 0.1) is 5.82 Å². The molecule has 3 nitrogen and oxygen atoms in total. The second kappa shape index (κ2) is 4.39. The van der Waals surface area contributed by atoms with E-state index in [0.29, 0.717) is 18.8 Å². The summed E-state index contributed by atoms with van der Waals surface area (Å²) in [5.74, 6) is -0.851. The smallest absolute Gasteiger partial charge is 0.257 e. The van der Waals surface area contributed by atoms with Gasteiger partial charge in [0.1, 0.15) is 5.82 Å². The number of hydrogen-bond acceptors (Lipinski definition) is 2. The zero-order valence-corrected chi connectivity index (χ0v) is 10.3. The van der Waals surface area contributed by atoms with Crippen molar-refractivity contribution in [2.45, 2.75) is 13.1 Å². The first-order chi connectivity index (χ1) is 9.15. The molecule has 0 saturated heterocycles. The Morgan fingerprint density at radius 1 is 1.11 bits per heavy atom. The van der Waals surface area contributed by atoms with Crippen LogP contribution in [0.4, 0.5) is 10.1 Å². The Bertz CT molecular complexity index is 629. The molecule has 2 aromatic carbocycles. The Morgan fingerprint density at radius 3 is 2.37 bits per heavy atom. The van der Waals surface area contributed by atoms with E-state index in [1.165, 1.54) is 18.2 Å². The van der Waals surface area contributed by atoms with Gasteiger partial charge in [-0.25, -0.2) is 4.39 Å². The maximum atomic E-state index is 13.7. The molecule has 0 aromatic heterocycles. The minimum Gasteiger partial charge on any atom is -0.399 e. The normalized spacial score (nSPS) is 13.4. The van der Waals surface area contributed by atoms with E-state index in [-0.39, 0.29) is 11.5 Å². The number of nitrogens with zero attached hydrogens (tertiary/aromatic N) is 1. The number of anilines is 1. The molecule has 19 heavy (non-hydrogen) atoms. The van der Waals surface area contributed by atoms with Crippen molar-refractivity contribution in [1.29, 1.82) is 0 Å². The molecule has 0 unspecified atom stereocenters. The zero-order chi connectivity index (χ0) is 13.4. The third-order valence-electron chi connectivity index (χ3n) is 3.35. The van der Waals surface area contributed by atoms with Crippen molar-refractivity contribution >= 4 is 11.6 Å². The molecular weight excluding hydrogens is 243 g/mol. The number of rotatable bonds is 1. The molecule has 0 atom stereocenters. The number of hydrogen-bond donors (Lipinski definition) is 1. The molecule has 0 fully saturated rings. The van der Waals surface area contributed by atoms with Gasteiger partial charge in [-0.1, -0.05) is 24.3 Å². The Balaban J connectivity index is 1.89. The van der Waals surface area contributed by atoms with E-state index >= 15 is 0 Å². The average molecular weight is 256 g/mol. The SMILES string of the molecule is Nc1ccc(F)c(C(=O)N2Cc3ccccc3C2)c1. The van der Waals surface area contributed by atoms with Gasteiger partial charge in [-0.2, -0.15) is 0 Å². The summed E-state index contributed by atoms with van der Waals surface area (Å²) in [5.41, 5.74) is 8.26. The lowest BCUT2D eigenvalue weighted by Crippen LogP contribution is -2.26. The fourth-order valence-corrected chi connectivity index (χ4v) is 2.35. The first-order valence-electron chi connectivity index (χ1n) is 6.06. The summed E-state index contributed by atoms with van der Waals surface area (Å²) in [4.78, 5) is 13.9. The van der Waals surface area contributed by atoms with Gasteiger partial charge in [-0.15, -0.1) is 0 Å². The van der Waals surface area contributed by atoms with Crippen molar-refractivity contribution in [2.24, 2.45) is 0 Å². The fraction of sp³-hybridized carbons (Fsp3) is 0.133. The highest BCUT2D eigenvalue weighted by Crippen LogP contribution is 2.25. The molecule has 3 rings (SSSR count). The summed E-state index contributed by atoms with van der Waals surface area (Å²) in [6.45, 7) is 1.03. The Labute approximate surface area is 110 Å². The minimum absolute atomic E-state index is 0.0350. The number of nitrogen functional groups attached to an aromatic ring is 1. The first kappa shape index (κ1) is 11.7. The maximum Gasteiger partial charge on any atom is 0.257 e. The summed E-state index contributed by atoms with van der Waals surface area (Å²) in [5, 5.41) is 0. The molecule has 1 heterocycles. The van der Waals surface area contributed by atoms with Crippen LogP contribution in [-0.2, 0) is 13.1 Å². The third kappa shape index (κ3) is 2.05. The second-order valence-electron chi connectivity index (χ2n) is 4.67. The molecule has 0 radical (unpaired) electrons. The summed E-state index contributed by atoms with van der Waals surface area (Å²) in [7, 11) is 0. The monoisotopic (exact) mass is 256 g/mol. The van der Waals surface area contributed by atoms with Crippen LogP contribution in [0.3, 0.4) is 0 Å². The number of halogens is 1. The molecule has 1 aliphatic rings. The van der Waals surface area contributed by atoms with E-state index < -0.39 is 5.82 Å². The molecular formula is C15H13FN2O. The Morgan fingerprint density at radius 2 is 1.74 bits per heavy atom. The minimum atomic E-state index is -0.532. The number of nitrogens with two attached hydrogens (primary N) is 1. The van der Waals surface area contributed by atoms with Gasteiger partial charge in [0.25, 0.3) is 5.91 Å². The van der Waals surface area contributed by atoms with Gasteiger partial charge in [0, 0.05) is 18.8 Å². The number of fused-ring (bicyclic) bond motifs is 1. The molecule has 2 aromatic rings. The van der Waals surface area contributed by atoms with E-state index in [4.69, 9.17) is 5.73 Å². The second-order valence-corrected chi connectivity index (χ2v) is 4.67. The van der Waals surface area contributed by atoms with E-state index in [9.17, 15) is 9.18 Å². The number of amides is 1. The van der Waals surface area contributed by atoms with Crippen molar-refractivity contribution < 1.29 is 9.18 Å². The number of benzene rings is 2. The van der Waals surface area contributed by atoms with Crippen molar-refractivity contribution in [1.82, 2.24) is 4.90 Å². The summed E-state index contributed by atoms with van der Waals surface area (Å²) in [6, 6.07) is 11.9. The molecule has 4 heteroatoms. The van der Waals surface area contributed by atoms with E-state index in [1.807, 2.05) is 24.3 Å². The van der Waals surface area contributed by atoms with Crippen LogP contribution in [0.5, 0.6) is 0 Å². The lowest BCUT2D eigenvalue weighted by molar-refractivity contribution is 0.0746. The summed E-state index contributed by atoms with van der Waals surface area (Å²) in [6.07, 6.45) is 0. The highest BCUT2D eigenvalue weighted by Gasteiger charge is 2.25. The predicted octanol–water partition coefficient (Wildman–Crippen LogP) is 2.56. The van der Waals surface area contributed by atoms with Gasteiger partial charge in [0.2, 0.25) is 0 Å².